The molecule has 0 spiro atoms. The third-order valence-corrected chi connectivity index (χ3v) is 4.88. The molecule has 4 nitrogen and oxygen atoms in total. The monoisotopic (exact) mass is 383 g/mol. The van der Waals surface area contributed by atoms with Gasteiger partial charge in [0.05, 0.1) is 6.04 Å². The molecule has 1 N–H and O–H groups in total. The van der Waals surface area contributed by atoms with E-state index in [1.807, 2.05) is 17.5 Å². The lowest BCUT2D eigenvalue weighted by atomic mass is 10.1. The fourth-order valence-corrected chi connectivity index (χ4v) is 3.39. The van der Waals surface area contributed by atoms with Crippen LogP contribution in [0.4, 0.5) is 4.39 Å². The average molecular weight is 383 g/mol. The Bertz CT molecular complexity index is 923. The van der Waals surface area contributed by atoms with Crippen molar-refractivity contribution in [3.8, 4) is 5.75 Å². The van der Waals surface area contributed by atoms with E-state index in [0.29, 0.717) is 11.3 Å². The van der Waals surface area contributed by atoms with Gasteiger partial charge in [-0.1, -0.05) is 30.3 Å². The van der Waals surface area contributed by atoms with Gasteiger partial charge in [-0.2, -0.15) is 0 Å². The highest BCUT2D eigenvalue weighted by atomic mass is 32.1. The van der Waals surface area contributed by atoms with E-state index in [-0.39, 0.29) is 30.2 Å². The van der Waals surface area contributed by atoms with Crippen molar-refractivity contribution in [1.82, 2.24) is 5.32 Å². The van der Waals surface area contributed by atoms with Gasteiger partial charge in [-0.15, -0.1) is 11.3 Å². The Kier molecular flexibility index (Phi) is 5.98. The Morgan fingerprint density at radius 1 is 1.11 bits per heavy atom. The topological polar surface area (TPSA) is 55.4 Å². The van der Waals surface area contributed by atoms with Crippen molar-refractivity contribution in [1.29, 1.82) is 0 Å². The van der Waals surface area contributed by atoms with Crippen LogP contribution in [-0.4, -0.2) is 18.3 Å². The molecule has 27 heavy (non-hydrogen) atoms. The molecule has 0 bridgehead atoms. The lowest BCUT2D eigenvalue weighted by Crippen LogP contribution is -2.32. The predicted octanol–water partition coefficient (Wildman–Crippen LogP) is 4.37. The number of benzene rings is 2. The fourth-order valence-electron chi connectivity index (χ4n) is 2.59. The minimum absolute atomic E-state index is 0.0704. The summed E-state index contributed by atoms with van der Waals surface area (Å²) in [5.41, 5.74) is 1.31. The Morgan fingerprint density at radius 3 is 2.56 bits per heavy atom. The number of ether oxygens (including phenoxy) is 1. The maximum atomic E-state index is 13.2. The van der Waals surface area contributed by atoms with Crippen LogP contribution in [0.15, 0.2) is 66.0 Å². The molecule has 6 heteroatoms. The zero-order valence-corrected chi connectivity index (χ0v) is 15.5. The molecule has 0 aliphatic carbocycles. The summed E-state index contributed by atoms with van der Waals surface area (Å²) in [5, 5.41) is 4.84. The highest BCUT2D eigenvalue weighted by Gasteiger charge is 2.18. The number of thiophene rings is 1. The number of hydrogen-bond acceptors (Lipinski definition) is 4. The summed E-state index contributed by atoms with van der Waals surface area (Å²) in [6, 6.07) is 16.1. The Hall–Kier alpha value is -2.99. The van der Waals surface area contributed by atoms with Crippen LogP contribution in [0.1, 0.15) is 33.8 Å². The molecule has 138 valence electrons. The summed E-state index contributed by atoms with van der Waals surface area (Å²) in [4.78, 5) is 24.8. The zero-order valence-electron chi connectivity index (χ0n) is 14.6. The number of rotatable bonds is 7. The van der Waals surface area contributed by atoms with Gasteiger partial charge in [0.15, 0.2) is 12.4 Å². The smallest absolute Gasteiger partial charge is 0.258 e. The molecule has 3 rings (SSSR count). The first-order chi connectivity index (χ1) is 13.0. The van der Waals surface area contributed by atoms with Crippen molar-refractivity contribution in [2.45, 2.75) is 13.0 Å². The standard InChI is InChI=1S/C21H18FNO3S/c1-14(24)16-4-2-5-18(12-16)26-13-20(25)23-21(19-6-3-11-27-19)15-7-9-17(22)10-8-15/h2-12,21H,13H2,1H3,(H,23,25)/t21-/m0/s1. The van der Waals surface area contributed by atoms with Crippen LogP contribution in [0.25, 0.3) is 0 Å². The van der Waals surface area contributed by atoms with E-state index >= 15 is 0 Å². The molecule has 3 aromatic rings. The summed E-state index contributed by atoms with van der Waals surface area (Å²) >= 11 is 1.50. The van der Waals surface area contributed by atoms with Crippen molar-refractivity contribution >= 4 is 23.0 Å². The molecule has 0 unspecified atom stereocenters. The van der Waals surface area contributed by atoms with E-state index < -0.39 is 0 Å². The molecule has 0 fully saturated rings. The van der Waals surface area contributed by atoms with Crippen LogP contribution in [-0.2, 0) is 4.79 Å². The molecule has 1 atom stereocenters. The molecule has 0 radical (unpaired) electrons. The molecular weight excluding hydrogens is 365 g/mol. The van der Waals surface area contributed by atoms with Gasteiger partial charge in [0.2, 0.25) is 0 Å². The number of nitrogens with one attached hydrogen (secondary N) is 1. The summed E-state index contributed by atoms with van der Waals surface area (Å²) in [6.45, 7) is 1.28. The Morgan fingerprint density at radius 2 is 1.89 bits per heavy atom. The summed E-state index contributed by atoms with van der Waals surface area (Å²) in [7, 11) is 0. The van der Waals surface area contributed by atoms with Gasteiger partial charge in [-0.05, 0) is 48.2 Å². The first-order valence-corrected chi connectivity index (χ1v) is 9.23. The van der Waals surface area contributed by atoms with Crippen LogP contribution >= 0.6 is 11.3 Å². The second-order valence-corrected chi connectivity index (χ2v) is 6.92. The molecule has 0 aliphatic rings. The van der Waals surface area contributed by atoms with Crippen LogP contribution < -0.4 is 10.1 Å². The summed E-state index contributed by atoms with van der Waals surface area (Å²) < 4.78 is 18.7. The van der Waals surface area contributed by atoms with E-state index in [1.165, 1.54) is 30.4 Å². The molecule has 2 aromatic carbocycles. The Labute approximate surface area is 160 Å². The van der Waals surface area contributed by atoms with Crippen molar-refractivity contribution in [3.63, 3.8) is 0 Å². The molecule has 1 heterocycles. The lowest BCUT2D eigenvalue weighted by molar-refractivity contribution is -0.123. The maximum absolute atomic E-state index is 13.2. The van der Waals surface area contributed by atoms with Crippen LogP contribution in [0.5, 0.6) is 5.75 Å². The fraction of sp³-hybridized carbons (Fsp3) is 0.143. The quantitative estimate of drug-likeness (QED) is 0.616. The SMILES string of the molecule is CC(=O)c1cccc(OCC(=O)N[C@@H](c2ccc(F)cc2)c2cccs2)c1. The number of halogens is 1. The lowest BCUT2D eigenvalue weighted by Gasteiger charge is -2.18. The van der Waals surface area contributed by atoms with E-state index in [0.717, 1.165) is 10.4 Å². The van der Waals surface area contributed by atoms with Crippen molar-refractivity contribution in [2.75, 3.05) is 6.61 Å². The number of carbonyl (C=O) groups is 2. The zero-order chi connectivity index (χ0) is 19.2. The summed E-state index contributed by atoms with van der Waals surface area (Å²) in [5.74, 6) is -0.263. The number of amides is 1. The van der Waals surface area contributed by atoms with Crippen molar-refractivity contribution in [3.05, 3.63) is 87.9 Å². The van der Waals surface area contributed by atoms with Crippen molar-refractivity contribution in [2.24, 2.45) is 0 Å². The second-order valence-electron chi connectivity index (χ2n) is 5.94. The van der Waals surface area contributed by atoms with E-state index in [1.54, 1.807) is 36.4 Å². The largest absolute Gasteiger partial charge is 0.484 e. The number of carbonyl (C=O) groups excluding carboxylic acids is 2. The minimum Gasteiger partial charge on any atom is -0.484 e. The van der Waals surface area contributed by atoms with Gasteiger partial charge < -0.3 is 10.1 Å². The number of Topliss-reactive ketones (excluding diaryl/α,β-unsaturated/α-hetero) is 1. The minimum atomic E-state index is -0.384. The van der Waals surface area contributed by atoms with E-state index in [9.17, 15) is 14.0 Å². The molecule has 0 saturated heterocycles. The Balaban J connectivity index is 1.69. The highest BCUT2D eigenvalue weighted by molar-refractivity contribution is 7.10. The van der Waals surface area contributed by atoms with Crippen LogP contribution in [0.3, 0.4) is 0 Å². The van der Waals surface area contributed by atoms with Gasteiger partial charge in [-0.3, -0.25) is 9.59 Å². The average Bonchev–Trinajstić information content (AvgIpc) is 3.20. The molecular formula is C21H18FNO3S. The first kappa shape index (κ1) is 18.8. The number of hydrogen-bond donors (Lipinski definition) is 1. The van der Waals surface area contributed by atoms with Gasteiger partial charge in [0, 0.05) is 10.4 Å². The number of ketones is 1. The summed E-state index contributed by atoms with van der Waals surface area (Å²) in [6.07, 6.45) is 0. The third-order valence-electron chi connectivity index (χ3n) is 3.95. The van der Waals surface area contributed by atoms with E-state index in [4.69, 9.17) is 4.74 Å². The molecule has 1 aromatic heterocycles. The van der Waals surface area contributed by atoms with Gasteiger partial charge in [0.25, 0.3) is 5.91 Å². The molecule has 1 amide bonds. The normalized spacial score (nSPS) is 11.6. The molecule has 0 saturated carbocycles. The third kappa shape index (κ3) is 5.01. The predicted molar refractivity (Wildman–Crippen MR) is 103 cm³/mol. The van der Waals surface area contributed by atoms with Crippen LogP contribution in [0, 0.1) is 5.82 Å². The van der Waals surface area contributed by atoms with Gasteiger partial charge in [0.1, 0.15) is 11.6 Å². The van der Waals surface area contributed by atoms with E-state index in [2.05, 4.69) is 5.32 Å². The highest BCUT2D eigenvalue weighted by Crippen LogP contribution is 2.26. The second kappa shape index (κ2) is 8.60. The first-order valence-electron chi connectivity index (χ1n) is 8.35. The molecule has 0 aliphatic heterocycles. The van der Waals surface area contributed by atoms with Gasteiger partial charge >= 0.3 is 0 Å². The maximum Gasteiger partial charge on any atom is 0.258 e. The van der Waals surface area contributed by atoms with Gasteiger partial charge in [-0.25, -0.2) is 4.39 Å². The van der Waals surface area contributed by atoms with Crippen LogP contribution in [0.2, 0.25) is 0 Å². The van der Waals surface area contributed by atoms with Crippen molar-refractivity contribution < 1.29 is 18.7 Å².